The van der Waals surface area contributed by atoms with E-state index in [0.717, 1.165) is 5.69 Å². The number of nitriles is 1. The quantitative estimate of drug-likeness (QED) is 0.338. The number of Topliss-reactive ketones (excluding diaryl/α,β-unsaturated/α-hetero) is 1. The van der Waals surface area contributed by atoms with Gasteiger partial charge in [0.1, 0.15) is 11.6 Å². The fraction of sp³-hybridized carbons (Fsp3) is 0.375. The van der Waals surface area contributed by atoms with Crippen LogP contribution in [0.3, 0.4) is 0 Å². The van der Waals surface area contributed by atoms with Crippen LogP contribution in [0.25, 0.3) is 5.78 Å². The van der Waals surface area contributed by atoms with Crippen LogP contribution in [0.4, 0.5) is 0 Å². The minimum absolute atomic E-state index is 0.0739. The lowest BCUT2D eigenvalue weighted by Crippen LogP contribution is -2.19. The maximum absolute atomic E-state index is 12.1. The van der Waals surface area contributed by atoms with Crippen molar-refractivity contribution in [1.29, 1.82) is 5.26 Å². The van der Waals surface area contributed by atoms with E-state index < -0.39 is 18.4 Å². The summed E-state index contributed by atoms with van der Waals surface area (Å²) in [6.45, 7) is 4.47. The smallest absolute Gasteiger partial charge is 0.310 e. The molecule has 2 aromatic heterocycles. The van der Waals surface area contributed by atoms with Crippen LogP contribution in [0.1, 0.15) is 23.9 Å². The lowest BCUT2D eigenvalue weighted by molar-refractivity contribution is -0.146. The van der Waals surface area contributed by atoms with Crippen LogP contribution in [-0.2, 0) is 20.7 Å². The first kappa shape index (κ1) is 19.4. The molecule has 0 aromatic carbocycles. The van der Waals surface area contributed by atoms with E-state index in [9.17, 15) is 9.59 Å². The molecule has 26 heavy (non-hydrogen) atoms. The predicted octanol–water partition coefficient (Wildman–Crippen LogP) is 0.874. The van der Waals surface area contributed by atoms with Crippen molar-refractivity contribution in [3.8, 4) is 6.07 Å². The highest BCUT2D eigenvalue weighted by molar-refractivity contribution is 7.98. The molecule has 2 aromatic rings. The lowest BCUT2D eigenvalue weighted by atomic mass is 10.1. The van der Waals surface area contributed by atoms with Gasteiger partial charge in [0.2, 0.25) is 10.9 Å². The first-order valence-electron chi connectivity index (χ1n) is 7.60. The lowest BCUT2D eigenvalue weighted by Gasteiger charge is -2.10. The number of aryl methyl sites for hydroxylation is 2. The number of nitrogens with zero attached hydrogens (tertiary/aromatic N) is 5. The molecule has 0 bridgehead atoms. The number of aromatic nitrogens is 4. The highest BCUT2D eigenvalue weighted by Gasteiger charge is 2.18. The average molecular weight is 374 g/mol. The third-order valence-corrected chi connectivity index (χ3v) is 4.22. The first-order chi connectivity index (χ1) is 12.3. The van der Waals surface area contributed by atoms with Gasteiger partial charge in [0.15, 0.2) is 6.61 Å². The Balaban J connectivity index is 2.16. The van der Waals surface area contributed by atoms with E-state index in [4.69, 9.17) is 15.7 Å². The maximum Gasteiger partial charge on any atom is 0.310 e. The van der Waals surface area contributed by atoms with Crippen molar-refractivity contribution in [1.82, 2.24) is 19.6 Å². The van der Waals surface area contributed by atoms with Crippen molar-refractivity contribution in [2.24, 2.45) is 5.73 Å². The summed E-state index contributed by atoms with van der Waals surface area (Å²) in [5, 5.41) is 13.8. The fourth-order valence-electron chi connectivity index (χ4n) is 2.32. The van der Waals surface area contributed by atoms with Gasteiger partial charge < -0.3 is 10.5 Å². The largest absolute Gasteiger partial charge is 0.457 e. The van der Waals surface area contributed by atoms with E-state index in [1.165, 1.54) is 18.7 Å². The molecule has 9 nitrogen and oxygen atoms in total. The number of carbonyl (C=O) groups is 2. The molecular formula is C16H18N6O3S. The standard InChI is InChI=1S/C16H18N6O3S/c1-8(18)12(6-17)13(23)7-25-14(24)5-11-9(2)19-15-20-16(26-4)21-22(15)10(11)3/h5,7,18H2,1-4H3/b12-8-. The van der Waals surface area contributed by atoms with Gasteiger partial charge in [-0.25, -0.2) is 9.50 Å². The summed E-state index contributed by atoms with van der Waals surface area (Å²) in [6.07, 6.45) is 1.79. The number of fused-ring (bicyclic) bond motifs is 1. The van der Waals surface area contributed by atoms with Gasteiger partial charge in [-0.2, -0.15) is 10.2 Å². The molecule has 136 valence electrons. The molecule has 2 rings (SSSR count). The van der Waals surface area contributed by atoms with Gasteiger partial charge in [0.25, 0.3) is 5.78 Å². The maximum atomic E-state index is 12.1. The molecular weight excluding hydrogens is 356 g/mol. The molecule has 0 radical (unpaired) electrons. The number of hydrogen-bond acceptors (Lipinski definition) is 9. The van der Waals surface area contributed by atoms with E-state index in [1.54, 1.807) is 17.5 Å². The van der Waals surface area contributed by atoms with Crippen LogP contribution < -0.4 is 5.73 Å². The zero-order valence-corrected chi connectivity index (χ0v) is 15.7. The third-order valence-electron chi connectivity index (χ3n) is 3.68. The van der Waals surface area contributed by atoms with Crippen molar-refractivity contribution >= 4 is 29.3 Å². The van der Waals surface area contributed by atoms with Crippen LogP contribution in [0.2, 0.25) is 0 Å². The molecule has 2 heterocycles. The molecule has 0 saturated carbocycles. The molecule has 0 atom stereocenters. The van der Waals surface area contributed by atoms with Gasteiger partial charge in [-0.3, -0.25) is 9.59 Å². The average Bonchev–Trinajstić information content (AvgIpc) is 3.00. The van der Waals surface area contributed by atoms with E-state index in [2.05, 4.69) is 15.1 Å². The number of hydrogen-bond donors (Lipinski definition) is 1. The monoisotopic (exact) mass is 374 g/mol. The van der Waals surface area contributed by atoms with Gasteiger partial charge in [0, 0.05) is 22.6 Å². The van der Waals surface area contributed by atoms with E-state index in [1.807, 2.05) is 13.2 Å². The molecule has 0 aliphatic carbocycles. The Kier molecular flexibility index (Phi) is 5.94. The van der Waals surface area contributed by atoms with Crippen LogP contribution in [0.15, 0.2) is 16.4 Å². The second kappa shape index (κ2) is 7.97. The Hall–Kier alpha value is -2.93. The van der Waals surface area contributed by atoms with Gasteiger partial charge in [-0.1, -0.05) is 11.8 Å². The van der Waals surface area contributed by atoms with Gasteiger partial charge in [-0.05, 0) is 27.0 Å². The third kappa shape index (κ3) is 4.00. The summed E-state index contributed by atoms with van der Waals surface area (Å²) in [7, 11) is 0. The van der Waals surface area contributed by atoms with Crippen molar-refractivity contribution in [2.75, 3.05) is 12.9 Å². The number of esters is 1. The number of rotatable bonds is 6. The molecule has 2 N–H and O–H groups in total. The number of thioether (sulfide) groups is 1. The number of ether oxygens (including phenoxy) is 1. The number of nitrogens with two attached hydrogens (primary N) is 1. The molecule has 10 heteroatoms. The molecule has 0 fully saturated rings. The van der Waals surface area contributed by atoms with Gasteiger partial charge >= 0.3 is 5.97 Å². The van der Waals surface area contributed by atoms with Crippen molar-refractivity contribution in [3.05, 3.63) is 28.2 Å². The summed E-state index contributed by atoms with van der Waals surface area (Å²) in [4.78, 5) is 32.6. The SMILES string of the molecule is CSc1nc2nc(C)c(CC(=O)OCC(=O)/C(C#N)=C(/C)N)c(C)n2n1. The van der Waals surface area contributed by atoms with E-state index >= 15 is 0 Å². The van der Waals surface area contributed by atoms with Crippen LogP contribution in [-0.4, -0.2) is 44.2 Å². The molecule has 0 aliphatic heterocycles. The topological polar surface area (TPSA) is 136 Å². The van der Waals surface area contributed by atoms with Crippen molar-refractivity contribution in [3.63, 3.8) is 0 Å². The minimum atomic E-state index is -0.635. The Bertz CT molecular complexity index is 953. The first-order valence-corrected chi connectivity index (χ1v) is 8.83. The zero-order valence-electron chi connectivity index (χ0n) is 14.9. The van der Waals surface area contributed by atoms with E-state index in [0.29, 0.717) is 22.2 Å². The second-order valence-corrected chi connectivity index (χ2v) is 6.28. The Morgan fingerprint density at radius 1 is 1.35 bits per heavy atom. The summed E-state index contributed by atoms with van der Waals surface area (Å²) in [5.41, 5.74) is 7.34. The van der Waals surface area contributed by atoms with Gasteiger partial charge in [0.05, 0.1) is 6.42 Å². The fourth-order valence-corrected chi connectivity index (χ4v) is 2.65. The second-order valence-electron chi connectivity index (χ2n) is 5.50. The highest BCUT2D eigenvalue weighted by atomic mass is 32.2. The minimum Gasteiger partial charge on any atom is -0.457 e. The Morgan fingerprint density at radius 2 is 2.04 bits per heavy atom. The van der Waals surface area contributed by atoms with Gasteiger partial charge in [-0.15, -0.1) is 5.10 Å². The summed E-state index contributed by atoms with van der Waals surface area (Å²) < 4.78 is 6.55. The molecule has 0 amide bonds. The summed E-state index contributed by atoms with van der Waals surface area (Å²) >= 11 is 1.39. The Labute approximate surface area is 154 Å². The molecule has 0 unspecified atom stereocenters. The summed E-state index contributed by atoms with van der Waals surface area (Å²) in [5.74, 6) is -0.787. The van der Waals surface area contributed by atoms with Crippen molar-refractivity contribution in [2.45, 2.75) is 32.3 Å². The zero-order chi connectivity index (χ0) is 19.4. The number of carbonyl (C=O) groups excluding carboxylic acids is 2. The van der Waals surface area contributed by atoms with E-state index in [-0.39, 0.29) is 17.7 Å². The summed E-state index contributed by atoms with van der Waals surface area (Å²) in [6, 6.07) is 1.70. The molecule has 0 saturated heterocycles. The molecule has 0 aliphatic rings. The van der Waals surface area contributed by atoms with Crippen LogP contribution in [0.5, 0.6) is 0 Å². The number of allylic oxidation sites excluding steroid dienone is 1. The molecule has 0 spiro atoms. The Morgan fingerprint density at radius 3 is 2.62 bits per heavy atom. The normalized spacial score (nSPS) is 11.8. The predicted molar refractivity (Wildman–Crippen MR) is 94.2 cm³/mol. The van der Waals surface area contributed by atoms with Crippen LogP contribution in [0, 0.1) is 25.2 Å². The van der Waals surface area contributed by atoms with Crippen LogP contribution >= 0.6 is 11.8 Å². The van der Waals surface area contributed by atoms with Crippen molar-refractivity contribution < 1.29 is 14.3 Å². The number of ketones is 1. The highest BCUT2D eigenvalue weighted by Crippen LogP contribution is 2.17.